The molecule has 120 valence electrons. The van der Waals surface area contributed by atoms with Crippen molar-refractivity contribution in [1.29, 1.82) is 0 Å². The summed E-state index contributed by atoms with van der Waals surface area (Å²) in [6.07, 6.45) is 0.548. The average Bonchev–Trinajstić information content (AvgIpc) is 2.49. The molecule has 0 saturated heterocycles. The van der Waals surface area contributed by atoms with Crippen LogP contribution in [0.4, 0.5) is 11.6 Å². The highest BCUT2D eigenvalue weighted by molar-refractivity contribution is 5.47. The van der Waals surface area contributed by atoms with E-state index in [0.717, 1.165) is 0 Å². The third kappa shape index (κ3) is 6.70. The molecule has 0 aliphatic carbocycles. The first-order chi connectivity index (χ1) is 10.0. The van der Waals surface area contributed by atoms with Crippen molar-refractivity contribution in [2.45, 2.75) is 32.5 Å². The summed E-state index contributed by atoms with van der Waals surface area (Å²) in [5, 5.41) is 16.3. The van der Waals surface area contributed by atoms with Crippen LogP contribution in [-0.4, -0.2) is 54.6 Å². The second kappa shape index (κ2) is 8.76. The largest absolute Gasteiger partial charge is 0.388 e. The highest BCUT2D eigenvalue weighted by Gasteiger charge is 2.20. The molecule has 3 N–H and O–H groups in total. The van der Waals surface area contributed by atoms with E-state index < -0.39 is 5.60 Å². The van der Waals surface area contributed by atoms with Gasteiger partial charge in [-0.05, 0) is 13.8 Å². The molecular formula is C14H26N4O3. The molecule has 0 saturated carbocycles. The zero-order valence-electron chi connectivity index (χ0n) is 13.3. The van der Waals surface area contributed by atoms with E-state index in [9.17, 15) is 5.11 Å². The van der Waals surface area contributed by atoms with E-state index in [1.165, 1.54) is 0 Å². The maximum Gasteiger partial charge on any atom is 0.158 e. The molecule has 0 bridgehead atoms. The number of nitrogens with one attached hydrogen (secondary N) is 2. The minimum atomic E-state index is -0.860. The van der Waals surface area contributed by atoms with Gasteiger partial charge in [-0.15, -0.1) is 0 Å². The molecule has 0 amide bonds. The minimum absolute atomic E-state index is 0.362. The van der Waals surface area contributed by atoms with Crippen LogP contribution < -0.4 is 10.6 Å². The third-order valence-corrected chi connectivity index (χ3v) is 2.96. The van der Waals surface area contributed by atoms with E-state index in [1.54, 1.807) is 27.1 Å². The lowest BCUT2D eigenvalue weighted by Gasteiger charge is -2.23. The van der Waals surface area contributed by atoms with Crippen molar-refractivity contribution in [2.24, 2.45) is 0 Å². The van der Waals surface area contributed by atoms with Gasteiger partial charge in [0.15, 0.2) is 5.82 Å². The molecule has 1 atom stereocenters. The summed E-state index contributed by atoms with van der Waals surface area (Å²) in [6, 6.07) is 1.79. The zero-order valence-corrected chi connectivity index (χ0v) is 13.3. The summed E-state index contributed by atoms with van der Waals surface area (Å²) in [7, 11) is 3.42. The smallest absolute Gasteiger partial charge is 0.158 e. The van der Waals surface area contributed by atoms with Crippen LogP contribution in [0.3, 0.4) is 0 Å². The normalized spacial score (nSPS) is 13.8. The van der Waals surface area contributed by atoms with Crippen LogP contribution >= 0.6 is 0 Å². The number of rotatable bonds is 10. The molecule has 7 heteroatoms. The Kier molecular flexibility index (Phi) is 7.35. The average molecular weight is 298 g/mol. The quantitative estimate of drug-likeness (QED) is 0.599. The Morgan fingerprint density at radius 3 is 2.67 bits per heavy atom. The van der Waals surface area contributed by atoms with Crippen LogP contribution in [0, 0.1) is 0 Å². The molecule has 0 fully saturated rings. The van der Waals surface area contributed by atoms with Gasteiger partial charge in [-0.1, -0.05) is 0 Å². The van der Waals surface area contributed by atoms with Crippen molar-refractivity contribution in [2.75, 3.05) is 44.5 Å². The van der Waals surface area contributed by atoms with Crippen molar-refractivity contribution in [3.05, 3.63) is 11.9 Å². The van der Waals surface area contributed by atoms with Crippen LogP contribution in [0.1, 0.15) is 26.1 Å². The Labute approximate surface area is 126 Å². The van der Waals surface area contributed by atoms with Gasteiger partial charge in [0.2, 0.25) is 0 Å². The fourth-order valence-electron chi connectivity index (χ4n) is 1.66. The number of hydrogen-bond donors (Lipinski definition) is 3. The van der Waals surface area contributed by atoms with E-state index in [2.05, 4.69) is 20.6 Å². The second-order valence-electron chi connectivity index (χ2n) is 5.04. The highest BCUT2D eigenvalue weighted by atomic mass is 16.5. The summed E-state index contributed by atoms with van der Waals surface area (Å²) in [5.41, 5.74) is -0.860. The molecule has 0 aliphatic heterocycles. The maximum atomic E-state index is 10.2. The van der Waals surface area contributed by atoms with Gasteiger partial charge in [-0.3, -0.25) is 0 Å². The van der Waals surface area contributed by atoms with E-state index in [4.69, 9.17) is 9.47 Å². The van der Waals surface area contributed by atoms with Gasteiger partial charge in [0.25, 0.3) is 0 Å². The van der Waals surface area contributed by atoms with Crippen molar-refractivity contribution in [3.63, 3.8) is 0 Å². The molecule has 0 aromatic carbocycles. The van der Waals surface area contributed by atoms with Gasteiger partial charge in [-0.2, -0.15) is 0 Å². The summed E-state index contributed by atoms with van der Waals surface area (Å²) < 4.78 is 10.3. The topological polar surface area (TPSA) is 88.5 Å². The van der Waals surface area contributed by atoms with Crippen LogP contribution in [0.5, 0.6) is 0 Å². The Bertz CT molecular complexity index is 427. The lowest BCUT2D eigenvalue weighted by molar-refractivity contribution is 0.0357. The Morgan fingerprint density at radius 1 is 1.33 bits per heavy atom. The summed E-state index contributed by atoms with van der Waals surface area (Å²) >= 11 is 0. The van der Waals surface area contributed by atoms with Crippen molar-refractivity contribution < 1.29 is 14.6 Å². The van der Waals surface area contributed by atoms with Crippen molar-refractivity contribution in [1.82, 2.24) is 9.97 Å². The Hall–Kier alpha value is -1.44. The van der Waals surface area contributed by atoms with E-state index in [1.807, 2.05) is 6.92 Å². The SMILES string of the molecule is CCOCc1nc(NC)cc(NCC(C)(O)CCOC)n1. The van der Waals surface area contributed by atoms with Crippen LogP contribution in [0.15, 0.2) is 6.07 Å². The first kappa shape index (κ1) is 17.6. The maximum absolute atomic E-state index is 10.2. The number of aromatic nitrogens is 2. The van der Waals surface area contributed by atoms with E-state index >= 15 is 0 Å². The Balaban J connectivity index is 2.68. The molecule has 1 aromatic rings. The molecule has 21 heavy (non-hydrogen) atoms. The predicted molar refractivity (Wildman–Crippen MR) is 82.5 cm³/mol. The number of anilines is 2. The van der Waals surface area contributed by atoms with Gasteiger partial charge >= 0.3 is 0 Å². The number of hydrogen-bond acceptors (Lipinski definition) is 7. The fraction of sp³-hybridized carbons (Fsp3) is 0.714. The molecular weight excluding hydrogens is 272 g/mol. The molecule has 0 spiro atoms. The van der Waals surface area contributed by atoms with Gasteiger partial charge in [0.1, 0.15) is 18.2 Å². The molecule has 1 aromatic heterocycles. The first-order valence-corrected chi connectivity index (χ1v) is 7.09. The van der Waals surface area contributed by atoms with E-state index in [-0.39, 0.29) is 0 Å². The molecule has 1 unspecified atom stereocenters. The van der Waals surface area contributed by atoms with Crippen molar-refractivity contribution in [3.8, 4) is 0 Å². The minimum Gasteiger partial charge on any atom is -0.388 e. The second-order valence-corrected chi connectivity index (χ2v) is 5.04. The number of nitrogens with zero attached hydrogens (tertiary/aromatic N) is 2. The van der Waals surface area contributed by atoms with Gasteiger partial charge in [0, 0.05) is 46.4 Å². The van der Waals surface area contributed by atoms with Gasteiger partial charge < -0.3 is 25.2 Å². The van der Waals surface area contributed by atoms with Crippen LogP contribution in [0.2, 0.25) is 0 Å². The lowest BCUT2D eigenvalue weighted by Crippen LogP contribution is -2.35. The van der Waals surface area contributed by atoms with Crippen LogP contribution in [-0.2, 0) is 16.1 Å². The third-order valence-electron chi connectivity index (χ3n) is 2.96. The summed E-state index contributed by atoms with van der Waals surface area (Å²) in [4.78, 5) is 8.69. The molecule has 1 heterocycles. The zero-order chi connectivity index (χ0) is 15.7. The predicted octanol–water partition coefficient (Wildman–Crippen LogP) is 1.25. The monoisotopic (exact) mass is 298 g/mol. The molecule has 0 aliphatic rings. The summed E-state index contributed by atoms with van der Waals surface area (Å²) in [5.74, 6) is 1.96. The number of aliphatic hydroxyl groups is 1. The van der Waals surface area contributed by atoms with Gasteiger partial charge in [0.05, 0.1) is 5.60 Å². The van der Waals surface area contributed by atoms with E-state index in [0.29, 0.717) is 50.2 Å². The standard InChI is InChI=1S/C14H26N4O3/c1-5-21-9-13-17-11(15-3)8-12(18-13)16-10-14(2,19)6-7-20-4/h8,19H,5-7,9-10H2,1-4H3,(H2,15,16,17,18). The highest BCUT2D eigenvalue weighted by Crippen LogP contribution is 2.15. The fourth-order valence-corrected chi connectivity index (χ4v) is 1.66. The Morgan fingerprint density at radius 2 is 2.05 bits per heavy atom. The number of ether oxygens (including phenoxy) is 2. The molecule has 7 nitrogen and oxygen atoms in total. The van der Waals surface area contributed by atoms with Crippen LogP contribution in [0.25, 0.3) is 0 Å². The molecule has 1 rings (SSSR count). The van der Waals surface area contributed by atoms with Gasteiger partial charge in [-0.25, -0.2) is 9.97 Å². The first-order valence-electron chi connectivity index (χ1n) is 7.09. The number of methoxy groups -OCH3 is 1. The summed E-state index contributed by atoms with van der Waals surface area (Å²) in [6.45, 7) is 5.55. The molecule has 0 radical (unpaired) electrons. The van der Waals surface area contributed by atoms with Crippen molar-refractivity contribution >= 4 is 11.6 Å². The lowest BCUT2D eigenvalue weighted by atomic mass is 10.0.